The topological polar surface area (TPSA) is 149 Å². The molecule has 1 rings (SSSR count). The summed E-state index contributed by atoms with van der Waals surface area (Å²) in [6.45, 7) is 3.82. The molecule has 1 aliphatic heterocycles. The van der Waals surface area contributed by atoms with Crippen molar-refractivity contribution in [3.63, 3.8) is 0 Å². The average Bonchev–Trinajstić information content (AvgIpc) is 3.50. The maximum Gasteiger partial charge on any atom is 0.220 e. The lowest BCUT2D eigenvalue weighted by Gasteiger charge is -2.40. The highest BCUT2D eigenvalue weighted by atomic mass is 16.7. The van der Waals surface area contributed by atoms with E-state index in [1.807, 2.05) is 6.08 Å². The van der Waals surface area contributed by atoms with Crippen LogP contribution in [0.25, 0.3) is 0 Å². The number of rotatable bonds is 65. The summed E-state index contributed by atoms with van der Waals surface area (Å²) < 4.78 is 11.3. The van der Waals surface area contributed by atoms with Crippen molar-refractivity contribution >= 4 is 5.91 Å². The van der Waals surface area contributed by atoms with E-state index in [1.165, 1.54) is 308 Å². The summed E-state index contributed by atoms with van der Waals surface area (Å²) in [4.78, 5) is 13.1. The Bertz CT molecular complexity index is 1410. The first-order chi connectivity index (χ1) is 40.8. The normalized spacial score (nSPS) is 18.4. The van der Waals surface area contributed by atoms with Crippen molar-refractivity contribution < 1.29 is 39.8 Å². The van der Waals surface area contributed by atoms with Gasteiger partial charge in [0.25, 0.3) is 0 Å². The first-order valence-electron chi connectivity index (χ1n) is 36.7. The Morgan fingerprint density at radius 1 is 0.398 bits per heavy atom. The van der Waals surface area contributed by atoms with E-state index in [4.69, 9.17) is 9.47 Å². The van der Waals surface area contributed by atoms with E-state index in [-0.39, 0.29) is 12.5 Å². The smallest absolute Gasteiger partial charge is 0.220 e. The Kier molecular flexibility index (Phi) is 60.7. The molecule has 0 spiro atoms. The van der Waals surface area contributed by atoms with Crippen molar-refractivity contribution in [1.82, 2.24) is 5.32 Å². The van der Waals surface area contributed by atoms with Crippen LogP contribution >= 0.6 is 0 Å². The quantitative estimate of drug-likeness (QED) is 0.0261. The van der Waals surface area contributed by atoms with Crippen LogP contribution in [0, 0.1) is 0 Å². The minimum Gasteiger partial charge on any atom is -0.394 e. The molecule has 9 nitrogen and oxygen atoms in total. The molecule has 9 heteroatoms. The highest BCUT2D eigenvalue weighted by molar-refractivity contribution is 5.76. The van der Waals surface area contributed by atoms with E-state index >= 15 is 0 Å². The third-order valence-electron chi connectivity index (χ3n) is 17.7. The fourth-order valence-electron chi connectivity index (χ4n) is 12.0. The number of amides is 1. The first kappa shape index (κ1) is 79.4. The molecule has 0 aromatic carbocycles. The van der Waals surface area contributed by atoms with Gasteiger partial charge in [0.2, 0.25) is 5.91 Å². The molecule has 6 N–H and O–H groups in total. The molecule has 0 aromatic rings. The summed E-state index contributed by atoms with van der Waals surface area (Å²) in [7, 11) is 0. The number of unbranched alkanes of at least 4 members (excludes halogenated alkanes) is 51. The molecule has 1 heterocycles. The molecule has 1 aliphatic rings. The molecule has 7 unspecified atom stereocenters. The van der Waals surface area contributed by atoms with Gasteiger partial charge < -0.3 is 40.3 Å². The zero-order chi connectivity index (χ0) is 60.0. The Hall–Kier alpha value is -1.59. The summed E-state index contributed by atoms with van der Waals surface area (Å²) in [6, 6.07) is -0.828. The van der Waals surface area contributed by atoms with Gasteiger partial charge in [-0.3, -0.25) is 4.79 Å². The van der Waals surface area contributed by atoms with Crippen LogP contribution in [0.15, 0.2) is 36.5 Å². The number of hydrogen-bond acceptors (Lipinski definition) is 8. The highest BCUT2D eigenvalue weighted by Crippen LogP contribution is 2.24. The number of nitrogens with one attached hydrogen (secondary N) is 1. The second-order valence-electron chi connectivity index (χ2n) is 25.7. The number of aliphatic hydroxyl groups is 5. The zero-order valence-corrected chi connectivity index (χ0v) is 55.0. The number of allylic oxidation sites excluding steroid dienone is 5. The standard InChI is InChI=1S/C74H141NO8/c1-3-5-7-9-11-13-15-17-19-21-23-25-27-29-31-33-34-35-36-37-39-41-43-45-47-49-51-53-55-57-59-61-63-68(77)67(66-82-74-73(81)72(80)71(79)69(65-76)83-74)75-70(78)64-62-60-58-56-54-52-50-48-46-44-42-40-38-32-30-28-26-24-22-20-18-16-14-12-10-8-6-4-2/h45,47,53,55,61,63,67-69,71-74,76-77,79-81H,3-44,46,48-52,54,56-60,62,64-66H2,1-2H3,(H,75,78)/b47-45+,55-53+,63-61+. The molecule has 0 radical (unpaired) electrons. The van der Waals surface area contributed by atoms with Crippen LogP contribution in [0.1, 0.15) is 373 Å². The Morgan fingerprint density at radius 2 is 0.687 bits per heavy atom. The zero-order valence-electron chi connectivity index (χ0n) is 55.0. The van der Waals surface area contributed by atoms with Crippen molar-refractivity contribution in [1.29, 1.82) is 0 Å². The van der Waals surface area contributed by atoms with Crippen LogP contribution in [-0.2, 0) is 14.3 Å². The summed E-state index contributed by atoms with van der Waals surface area (Å²) in [5, 5.41) is 54.8. The lowest BCUT2D eigenvalue weighted by molar-refractivity contribution is -0.302. The van der Waals surface area contributed by atoms with Crippen LogP contribution in [0.3, 0.4) is 0 Å². The largest absolute Gasteiger partial charge is 0.394 e. The first-order valence-corrected chi connectivity index (χ1v) is 36.7. The molecule has 7 atom stereocenters. The molecule has 0 bridgehead atoms. The van der Waals surface area contributed by atoms with Gasteiger partial charge in [-0.15, -0.1) is 0 Å². The molecule has 1 amide bonds. The second-order valence-corrected chi connectivity index (χ2v) is 25.7. The van der Waals surface area contributed by atoms with Crippen molar-refractivity contribution in [3.8, 4) is 0 Å². The summed E-state index contributed by atoms with van der Waals surface area (Å²) in [5.41, 5.74) is 0. The van der Waals surface area contributed by atoms with Crippen molar-refractivity contribution in [3.05, 3.63) is 36.5 Å². The van der Waals surface area contributed by atoms with E-state index in [1.54, 1.807) is 6.08 Å². The van der Waals surface area contributed by atoms with E-state index in [0.717, 1.165) is 44.9 Å². The molecule has 0 aliphatic carbocycles. The van der Waals surface area contributed by atoms with Crippen LogP contribution in [0.5, 0.6) is 0 Å². The fourth-order valence-corrected chi connectivity index (χ4v) is 12.0. The van der Waals surface area contributed by atoms with Gasteiger partial charge in [0.1, 0.15) is 24.4 Å². The van der Waals surface area contributed by atoms with Crippen molar-refractivity contribution in [2.75, 3.05) is 13.2 Å². The van der Waals surface area contributed by atoms with Gasteiger partial charge in [0.15, 0.2) is 6.29 Å². The summed E-state index contributed by atoms with van der Waals surface area (Å²) >= 11 is 0. The molecule has 1 saturated heterocycles. The van der Waals surface area contributed by atoms with Crippen LogP contribution in [0.2, 0.25) is 0 Å². The lowest BCUT2D eigenvalue weighted by atomic mass is 9.99. The number of carbonyl (C=O) groups is 1. The van der Waals surface area contributed by atoms with Crippen LogP contribution in [0.4, 0.5) is 0 Å². The number of hydrogen-bond donors (Lipinski definition) is 6. The molecule has 0 aromatic heterocycles. The average molecular weight is 1170 g/mol. The summed E-state index contributed by atoms with van der Waals surface area (Å²) in [6.07, 6.45) is 78.5. The van der Waals surface area contributed by atoms with E-state index in [0.29, 0.717) is 6.42 Å². The van der Waals surface area contributed by atoms with Crippen molar-refractivity contribution in [2.24, 2.45) is 0 Å². The molecular weight excluding hydrogens is 1030 g/mol. The van der Waals surface area contributed by atoms with E-state index < -0.39 is 49.5 Å². The van der Waals surface area contributed by atoms with Crippen LogP contribution in [-0.4, -0.2) is 87.5 Å². The minimum absolute atomic E-state index is 0.183. The molecule has 0 saturated carbocycles. The van der Waals surface area contributed by atoms with Gasteiger partial charge in [-0.25, -0.2) is 0 Å². The molecular formula is C74H141NO8. The lowest BCUT2D eigenvalue weighted by Crippen LogP contribution is -2.60. The van der Waals surface area contributed by atoms with Crippen molar-refractivity contribution in [2.45, 2.75) is 416 Å². The number of ether oxygens (including phenoxy) is 2. The number of carbonyl (C=O) groups excluding carboxylic acids is 1. The Labute approximate surface area is 514 Å². The number of aliphatic hydroxyl groups excluding tert-OH is 5. The predicted octanol–water partition coefficient (Wildman–Crippen LogP) is 20.2. The fraction of sp³-hybridized carbons (Fsp3) is 0.905. The maximum absolute atomic E-state index is 13.1. The Morgan fingerprint density at radius 3 is 1.01 bits per heavy atom. The minimum atomic E-state index is -1.58. The third-order valence-corrected chi connectivity index (χ3v) is 17.7. The maximum atomic E-state index is 13.1. The van der Waals surface area contributed by atoms with Gasteiger partial charge in [-0.05, 0) is 44.9 Å². The third kappa shape index (κ3) is 52.1. The van der Waals surface area contributed by atoms with E-state index in [2.05, 4.69) is 43.5 Å². The Balaban J connectivity index is 2.14. The predicted molar refractivity (Wildman–Crippen MR) is 355 cm³/mol. The second kappa shape index (κ2) is 63.4. The summed E-state index contributed by atoms with van der Waals surface area (Å²) in [5.74, 6) is -0.183. The van der Waals surface area contributed by atoms with Gasteiger partial charge in [0.05, 0.1) is 25.4 Å². The van der Waals surface area contributed by atoms with Gasteiger partial charge in [0, 0.05) is 6.42 Å². The van der Waals surface area contributed by atoms with Crippen LogP contribution < -0.4 is 5.32 Å². The van der Waals surface area contributed by atoms with Gasteiger partial charge in [-0.2, -0.15) is 0 Å². The van der Waals surface area contributed by atoms with E-state index in [9.17, 15) is 30.3 Å². The molecule has 83 heavy (non-hydrogen) atoms. The monoisotopic (exact) mass is 1170 g/mol. The van der Waals surface area contributed by atoms with Gasteiger partial charge >= 0.3 is 0 Å². The SMILES string of the molecule is CCCCCCCCCCCCCCCCCCCCCCCC/C=C/CC/C=C/CC/C=C/C(O)C(COC1OC(CO)C(O)C(O)C1O)NC(=O)CCCCCCCCCCCCCCCCCCCCCCCCCCCCCC. The highest BCUT2D eigenvalue weighted by Gasteiger charge is 2.44. The molecule has 1 fully saturated rings. The van der Waals surface area contributed by atoms with Gasteiger partial charge in [-0.1, -0.05) is 359 Å². The molecule has 490 valence electrons.